The number of aryl methyl sites for hydroxylation is 1. The molecule has 4 rings (SSSR count). The fourth-order valence-electron chi connectivity index (χ4n) is 4.75. The van der Waals surface area contributed by atoms with Crippen molar-refractivity contribution >= 4 is 22.8 Å². The number of aliphatic hydroxyl groups excluding tert-OH is 1. The highest BCUT2D eigenvalue weighted by Crippen LogP contribution is 2.43. The zero-order valence-corrected chi connectivity index (χ0v) is 21.8. The molecule has 1 aromatic heterocycles. The van der Waals surface area contributed by atoms with Crippen molar-refractivity contribution < 1.29 is 23.5 Å². The van der Waals surface area contributed by atoms with Gasteiger partial charge in [-0.3, -0.25) is 9.59 Å². The second kappa shape index (κ2) is 12.5. The summed E-state index contributed by atoms with van der Waals surface area (Å²) in [7, 11) is 1.54. The van der Waals surface area contributed by atoms with Crippen LogP contribution in [0.3, 0.4) is 0 Å². The molecule has 3 aromatic carbocycles. The third kappa shape index (κ3) is 5.63. The molecule has 38 heavy (non-hydrogen) atoms. The molecule has 0 aliphatic carbocycles. The fraction of sp³-hybridized carbons (Fsp3) is 0.290. The molecule has 6 nitrogen and oxygen atoms in total. The molecule has 0 aliphatic heterocycles. The third-order valence-electron chi connectivity index (χ3n) is 6.58. The van der Waals surface area contributed by atoms with Crippen molar-refractivity contribution in [3.8, 4) is 22.5 Å². The molecule has 0 radical (unpaired) electrons. The van der Waals surface area contributed by atoms with Crippen molar-refractivity contribution in [1.29, 1.82) is 0 Å². The van der Waals surface area contributed by atoms with E-state index in [4.69, 9.17) is 4.42 Å². The largest absolute Gasteiger partial charge is 0.455 e. The number of rotatable bonds is 11. The molecular formula is C31H33FN2O4. The lowest BCUT2D eigenvalue weighted by molar-refractivity contribution is 0.0947. The Labute approximate surface area is 221 Å². The molecule has 0 atom stereocenters. The highest BCUT2D eigenvalue weighted by Gasteiger charge is 2.29. The maximum absolute atomic E-state index is 13.7. The predicted molar refractivity (Wildman–Crippen MR) is 148 cm³/mol. The Bertz CT molecular complexity index is 1410. The molecule has 0 aliphatic rings. The number of unbranched alkanes of at least 4 members (excludes halogenated alkanes) is 2. The molecule has 0 bridgehead atoms. The van der Waals surface area contributed by atoms with Crippen molar-refractivity contribution in [3.63, 3.8) is 0 Å². The van der Waals surface area contributed by atoms with Gasteiger partial charge in [0.15, 0.2) is 0 Å². The predicted octanol–water partition coefficient (Wildman–Crippen LogP) is 6.11. The normalized spacial score (nSPS) is 11.1. The van der Waals surface area contributed by atoms with E-state index in [0.717, 1.165) is 30.4 Å². The average molecular weight is 517 g/mol. The monoisotopic (exact) mass is 516 g/mol. The standard InChI is InChI=1S/C31H33FN2O4/c1-3-4-8-17-34-31(37)26-22(12-9-18-35)19-24-27(25(26)20-10-6-5-7-11-20)28(30(36)33-2)29(38-24)21-13-15-23(32)16-14-21/h5-7,10-11,13-16,19,35H,3-4,8-9,12,17-18H2,1-2H3,(H,33,36)(H,34,37). The van der Waals surface area contributed by atoms with E-state index in [9.17, 15) is 19.1 Å². The second-order valence-electron chi connectivity index (χ2n) is 9.21. The van der Waals surface area contributed by atoms with Crippen LogP contribution in [0.5, 0.6) is 0 Å². The first-order chi connectivity index (χ1) is 18.5. The zero-order chi connectivity index (χ0) is 27.1. The number of furan rings is 1. The quantitative estimate of drug-likeness (QED) is 0.210. The topological polar surface area (TPSA) is 91.6 Å². The Morgan fingerprint density at radius 1 is 0.921 bits per heavy atom. The Morgan fingerprint density at radius 3 is 2.32 bits per heavy atom. The highest BCUT2D eigenvalue weighted by molar-refractivity contribution is 6.19. The Hall–Kier alpha value is -3.97. The minimum absolute atomic E-state index is 0.0290. The number of hydrogen-bond acceptors (Lipinski definition) is 4. The van der Waals surface area contributed by atoms with Crippen LogP contribution in [0.15, 0.2) is 65.1 Å². The minimum atomic E-state index is -0.398. The molecule has 7 heteroatoms. The SMILES string of the molecule is CCCCCNC(=O)c1c(CCCO)cc2oc(-c3ccc(F)cc3)c(C(=O)NC)c2c1-c1ccccc1. The van der Waals surface area contributed by atoms with Crippen molar-refractivity contribution in [2.75, 3.05) is 20.2 Å². The number of amides is 2. The summed E-state index contributed by atoms with van der Waals surface area (Å²) < 4.78 is 20.0. The van der Waals surface area contributed by atoms with E-state index in [0.29, 0.717) is 52.8 Å². The molecule has 3 N–H and O–H groups in total. The summed E-state index contributed by atoms with van der Waals surface area (Å²) in [5.41, 5.74) is 3.81. The molecular weight excluding hydrogens is 483 g/mol. The van der Waals surface area contributed by atoms with Gasteiger partial charge >= 0.3 is 0 Å². The fourth-order valence-corrected chi connectivity index (χ4v) is 4.75. The first kappa shape index (κ1) is 27.1. The minimum Gasteiger partial charge on any atom is -0.455 e. The van der Waals surface area contributed by atoms with Gasteiger partial charge in [0.25, 0.3) is 11.8 Å². The van der Waals surface area contributed by atoms with Crippen molar-refractivity contribution in [2.24, 2.45) is 0 Å². The van der Waals surface area contributed by atoms with Crippen LogP contribution in [-0.4, -0.2) is 37.1 Å². The summed E-state index contributed by atoms with van der Waals surface area (Å²) in [5.74, 6) is -0.713. The van der Waals surface area contributed by atoms with Crippen LogP contribution in [0.4, 0.5) is 4.39 Å². The van der Waals surface area contributed by atoms with Crippen LogP contribution in [0, 0.1) is 5.82 Å². The van der Waals surface area contributed by atoms with Crippen molar-refractivity contribution in [3.05, 3.63) is 83.2 Å². The van der Waals surface area contributed by atoms with Crippen LogP contribution >= 0.6 is 0 Å². The second-order valence-corrected chi connectivity index (χ2v) is 9.21. The van der Waals surface area contributed by atoms with Gasteiger partial charge in [0.05, 0.1) is 11.1 Å². The van der Waals surface area contributed by atoms with Crippen molar-refractivity contribution in [1.82, 2.24) is 10.6 Å². The molecule has 4 aromatic rings. The molecule has 0 unspecified atom stereocenters. The van der Waals surface area contributed by atoms with Gasteiger partial charge in [-0.15, -0.1) is 0 Å². The van der Waals surface area contributed by atoms with Gasteiger partial charge in [0, 0.05) is 36.7 Å². The lowest BCUT2D eigenvalue weighted by Crippen LogP contribution is -2.26. The van der Waals surface area contributed by atoms with Crippen LogP contribution in [0.25, 0.3) is 33.4 Å². The Morgan fingerprint density at radius 2 is 1.66 bits per heavy atom. The average Bonchev–Trinajstić information content (AvgIpc) is 3.32. The van der Waals surface area contributed by atoms with E-state index in [1.807, 2.05) is 30.3 Å². The van der Waals surface area contributed by atoms with Crippen LogP contribution in [-0.2, 0) is 6.42 Å². The number of hydrogen-bond donors (Lipinski definition) is 3. The molecule has 0 spiro atoms. The Balaban J connectivity index is 2.06. The van der Waals surface area contributed by atoms with Gasteiger partial charge in [-0.1, -0.05) is 50.1 Å². The number of nitrogens with one attached hydrogen (secondary N) is 2. The van der Waals surface area contributed by atoms with Gasteiger partial charge in [0.2, 0.25) is 0 Å². The van der Waals surface area contributed by atoms with Crippen LogP contribution in [0.1, 0.15) is 58.9 Å². The lowest BCUT2D eigenvalue weighted by Gasteiger charge is -2.17. The van der Waals surface area contributed by atoms with E-state index in [-0.39, 0.29) is 24.0 Å². The number of carbonyl (C=O) groups is 2. The molecule has 0 fully saturated rings. The summed E-state index contributed by atoms with van der Waals surface area (Å²) in [6.45, 7) is 2.61. The summed E-state index contributed by atoms with van der Waals surface area (Å²) in [5, 5.41) is 15.8. The summed E-state index contributed by atoms with van der Waals surface area (Å²) in [4.78, 5) is 27.1. The van der Waals surface area contributed by atoms with E-state index >= 15 is 0 Å². The summed E-state index contributed by atoms with van der Waals surface area (Å²) in [6.07, 6.45) is 3.82. The maximum atomic E-state index is 13.7. The molecule has 1 heterocycles. The van der Waals surface area contributed by atoms with E-state index < -0.39 is 5.82 Å². The number of halogens is 1. The summed E-state index contributed by atoms with van der Waals surface area (Å²) >= 11 is 0. The van der Waals surface area contributed by atoms with E-state index in [1.54, 1.807) is 18.2 Å². The van der Waals surface area contributed by atoms with Crippen LogP contribution in [0.2, 0.25) is 0 Å². The third-order valence-corrected chi connectivity index (χ3v) is 6.58. The number of aliphatic hydroxyl groups is 1. The first-order valence-electron chi connectivity index (χ1n) is 13.0. The lowest BCUT2D eigenvalue weighted by atomic mass is 9.87. The smallest absolute Gasteiger partial charge is 0.255 e. The van der Waals surface area contributed by atoms with Gasteiger partial charge in [0.1, 0.15) is 17.2 Å². The van der Waals surface area contributed by atoms with E-state index in [2.05, 4.69) is 17.6 Å². The number of fused-ring (bicyclic) bond motifs is 1. The van der Waals surface area contributed by atoms with Crippen molar-refractivity contribution in [2.45, 2.75) is 39.0 Å². The van der Waals surface area contributed by atoms with Crippen LogP contribution < -0.4 is 10.6 Å². The molecule has 0 saturated carbocycles. The Kier molecular flexibility index (Phi) is 8.92. The zero-order valence-electron chi connectivity index (χ0n) is 21.8. The molecule has 198 valence electrons. The molecule has 2 amide bonds. The highest BCUT2D eigenvalue weighted by atomic mass is 19.1. The number of carbonyl (C=O) groups excluding carboxylic acids is 2. The van der Waals surface area contributed by atoms with Gasteiger partial charge in [-0.05, 0) is 60.7 Å². The first-order valence-corrected chi connectivity index (χ1v) is 13.0. The summed E-state index contributed by atoms with van der Waals surface area (Å²) in [6, 6.07) is 17.0. The van der Waals surface area contributed by atoms with Gasteiger partial charge < -0.3 is 20.2 Å². The van der Waals surface area contributed by atoms with Gasteiger partial charge in [-0.2, -0.15) is 0 Å². The number of benzene rings is 3. The van der Waals surface area contributed by atoms with E-state index in [1.165, 1.54) is 19.2 Å². The maximum Gasteiger partial charge on any atom is 0.255 e. The molecule has 0 saturated heterocycles. The van der Waals surface area contributed by atoms with Gasteiger partial charge in [-0.25, -0.2) is 4.39 Å².